The molecule has 0 fully saturated rings. The second-order valence-corrected chi connectivity index (χ2v) is 5.91. The molecule has 0 radical (unpaired) electrons. The number of aryl methyl sites for hydroxylation is 1. The van der Waals surface area contributed by atoms with Crippen LogP contribution in [0.3, 0.4) is 0 Å². The molecule has 3 nitrogen and oxygen atoms in total. The molecule has 2 rings (SSSR count). The first-order valence-electron chi connectivity index (χ1n) is 6.38. The zero-order chi connectivity index (χ0) is 13.3. The van der Waals surface area contributed by atoms with Crippen molar-refractivity contribution in [1.82, 2.24) is 10.2 Å². The summed E-state index contributed by atoms with van der Waals surface area (Å²) in [6.45, 7) is 10.8. The molecule has 1 N–H and O–H groups in total. The van der Waals surface area contributed by atoms with E-state index in [0.717, 1.165) is 22.3 Å². The minimum Gasteiger partial charge on any atom is -0.365 e. The third-order valence-electron chi connectivity index (χ3n) is 3.52. The minimum atomic E-state index is 0.188. The predicted octanol–water partition coefficient (Wildman–Crippen LogP) is 3.78. The fourth-order valence-corrected chi connectivity index (χ4v) is 1.77. The van der Waals surface area contributed by atoms with Crippen LogP contribution in [0.2, 0.25) is 0 Å². The SMILES string of the molecule is Cc1nnc(NC(C)C(C)(C)C)c2ccccc12. The molecule has 96 valence electrons. The summed E-state index contributed by atoms with van der Waals surface area (Å²) >= 11 is 0. The van der Waals surface area contributed by atoms with Gasteiger partial charge in [-0.05, 0) is 19.3 Å². The molecule has 0 spiro atoms. The van der Waals surface area contributed by atoms with Crippen molar-refractivity contribution in [2.45, 2.75) is 40.7 Å². The van der Waals surface area contributed by atoms with Crippen LogP contribution in [0.4, 0.5) is 5.82 Å². The lowest BCUT2D eigenvalue weighted by Crippen LogP contribution is -2.31. The van der Waals surface area contributed by atoms with Gasteiger partial charge in [0.1, 0.15) is 0 Å². The van der Waals surface area contributed by atoms with Crippen LogP contribution in [0.1, 0.15) is 33.4 Å². The molecule has 0 aliphatic rings. The average Bonchev–Trinajstić information content (AvgIpc) is 2.32. The fraction of sp³-hybridized carbons (Fsp3) is 0.467. The van der Waals surface area contributed by atoms with Crippen molar-refractivity contribution in [3.05, 3.63) is 30.0 Å². The summed E-state index contributed by atoms with van der Waals surface area (Å²) in [7, 11) is 0. The number of rotatable bonds is 2. The molecule has 18 heavy (non-hydrogen) atoms. The van der Waals surface area contributed by atoms with Crippen LogP contribution >= 0.6 is 0 Å². The highest BCUT2D eigenvalue weighted by Gasteiger charge is 2.21. The topological polar surface area (TPSA) is 37.8 Å². The molecule has 1 aromatic heterocycles. The van der Waals surface area contributed by atoms with Gasteiger partial charge < -0.3 is 5.32 Å². The lowest BCUT2D eigenvalue weighted by molar-refractivity contribution is 0.359. The number of anilines is 1. The molecule has 3 heteroatoms. The van der Waals surface area contributed by atoms with Crippen LogP contribution in [-0.2, 0) is 0 Å². The first-order chi connectivity index (χ1) is 8.39. The van der Waals surface area contributed by atoms with Crippen molar-refractivity contribution in [3.8, 4) is 0 Å². The van der Waals surface area contributed by atoms with Crippen molar-refractivity contribution in [1.29, 1.82) is 0 Å². The quantitative estimate of drug-likeness (QED) is 0.872. The van der Waals surface area contributed by atoms with Gasteiger partial charge in [-0.3, -0.25) is 0 Å². The first-order valence-corrected chi connectivity index (χ1v) is 6.38. The van der Waals surface area contributed by atoms with Gasteiger partial charge in [0.15, 0.2) is 5.82 Å². The number of hydrogen-bond donors (Lipinski definition) is 1. The van der Waals surface area contributed by atoms with Crippen molar-refractivity contribution in [2.75, 3.05) is 5.32 Å². The molecule has 0 bridgehead atoms. The van der Waals surface area contributed by atoms with E-state index < -0.39 is 0 Å². The summed E-state index contributed by atoms with van der Waals surface area (Å²) in [4.78, 5) is 0. The smallest absolute Gasteiger partial charge is 0.156 e. The zero-order valence-corrected chi connectivity index (χ0v) is 11.8. The normalized spacial score (nSPS) is 13.6. The number of nitrogens with zero attached hydrogens (tertiary/aromatic N) is 2. The summed E-state index contributed by atoms with van der Waals surface area (Å²) in [5.41, 5.74) is 1.16. The number of benzene rings is 1. The molecule has 1 aromatic carbocycles. The Morgan fingerprint density at radius 1 is 1.06 bits per heavy atom. The van der Waals surface area contributed by atoms with Crippen LogP contribution < -0.4 is 5.32 Å². The van der Waals surface area contributed by atoms with Crippen LogP contribution in [0.25, 0.3) is 10.8 Å². The Bertz CT molecular complexity index is 555. The van der Waals surface area contributed by atoms with Crippen LogP contribution in [0.15, 0.2) is 24.3 Å². The van der Waals surface area contributed by atoms with Gasteiger partial charge in [0.05, 0.1) is 5.69 Å². The monoisotopic (exact) mass is 243 g/mol. The molecule has 0 saturated carbocycles. The van der Waals surface area contributed by atoms with E-state index in [4.69, 9.17) is 0 Å². The summed E-state index contributed by atoms with van der Waals surface area (Å²) in [5, 5.41) is 14.3. The maximum Gasteiger partial charge on any atom is 0.156 e. The molecule has 1 heterocycles. The summed E-state index contributed by atoms with van der Waals surface area (Å²) < 4.78 is 0. The highest BCUT2D eigenvalue weighted by atomic mass is 15.2. The lowest BCUT2D eigenvalue weighted by atomic mass is 9.88. The summed E-state index contributed by atoms with van der Waals surface area (Å²) in [6.07, 6.45) is 0. The van der Waals surface area contributed by atoms with Crippen molar-refractivity contribution >= 4 is 16.6 Å². The number of aromatic nitrogens is 2. The predicted molar refractivity (Wildman–Crippen MR) is 76.8 cm³/mol. The van der Waals surface area contributed by atoms with E-state index in [1.807, 2.05) is 19.1 Å². The van der Waals surface area contributed by atoms with E-state index in [0.29, 0.717) is 6.04 Å². The van der Waals surface area contributed by atoms with Gasteiger partial charge >= 0.3 is 0 Å². The molecule has 1 atom stereocenters. The average molecular weight is 243 g/mol. The minimum absolute atomic E-state index is 0.188. The standard InChI is InChI=1S/C15H21N3/c1-10-12-8-6-7-9-13(12)14(18-17-10)16-11(2)15(3,4)5/h6-9,11H,1-5H3,(H,16,18). The molecule has 1 unspecified atom stereocenters. The van der Waals surface area contributed by atoms with Gasteiger partial charge in [-0.25, -0.2) is 0 Å². The number of fused-ring (bicyclic) bond motifs is 1. The van der Waals surface area contributed by atoms with Crippen molar-refractivity contribution in [2.24, 2.45) is 5.41 Å². The summed E-state index contributed by atoms with van der Waals surface area (Å²) in [5.74, 6) is 0.874. The van der Waals surface area contributed by atoms with Gasteiger partial charge in [0.25, 0.3) is 0 Å². The second kappa shape index (κ2) is 4.56. The Morgan fingerprint density at radius 3 is 2.28 bits per heavy atom. The van der Waals surface area contributed by atoms with E-state index in [1.165, 1.54) is 0 Å². The third kappa shape index (κ3) is 2.45. The van der Waals surface area contributed by atoms with E-state index >= 15 is 0 Å². The van der Waals surface area contributed by atoms with Gasteiger partial charge in [-0.1, -0.05) is 45.0 Å². The summed E-state index contributed by atoms with van der Waals surface area (Å²) in [6, 6.07) is 8.59. The van der Waals surface area contributed by atoms with Crippen LogP contribution in [0, 0.1) is 12.3 Å². The molecular formula is C15H21N3. The van der Waals surface area contributed by atoms with E-state index in [2.05, 4.69) is 55.3 Å². The van der Waals surface area contributed by atoms with Crippen molar-refractivity contribution < 1.29 is 0 Å². The maximum atomic E-state index is 4.30. The Hall–Kier alpha value is -1.64. The van der Waals surface area contributed by atoms with Gasteiger partial charge in [-0.2, -0.15) is 5.10 Å². The molecule has 0 amide bonds. The van der Waals surface area contributed by atoms with E-state index in [1.54, 1.807) is 0 Å². The Morgan fingerprint density at radius 2 is 1.67 bits per heavy atom. The van der Waals surface area contributed by atoms with E-state index in [-0.39, 0.29) is 5.41 Å². The maximum absolute atomic E-state index is 4.30. The largest absolute Gasteiger partial charge is 0.365 e. The molecular weight excluding hydrogens is 222 g/mol. The van der Waals surface area contributed by atoms with E-state index in [9.17, 15) is 0 Å². The second-order valence-electron chi connectivity index (χ2n) is 5.91. The number of nitrogens with one attached hydrogen (secondary N) is 1. The highest BCUT2D eigenvalue weighted by molar-refractivity contribution is 5.92. The highest BCUT2D eigenvalue weighted by Crippen LogP contribution is 2.26. The van der Waals surface area contributed by atoms with Gasteiger partial charge in [0.2, 0.25) is 0 Å². The Labute approximate surface area is 109 Å². The Kier molecular flexibility index (Phi) is 3.24. The number of hydrogen-bond acceptors (Lipinski definition) is 3. The first kappa shape index (κ1) is 12.8. The third-order valence-corrected chi connectivity index (χ3v) is 3.52. The molecule has 2 aromatic rings. The van der Waals surface area contributed by atoms with Gasteiger partial charge in [0, 0.05) is 16.8 Å². The molecule has 0 saturated heterocycles. The molecule has 0 aliphatic carbocycles. The van der Waals surface area contributed by atoms with Gasteiger partial charge in [-0.15, -0.1) is 5.10 Å². The van der Waals surface area contributed by atoms with Crippen molar-refractivity contribution in [3.63, 3.8) is 0 Å². The zero-order valence-electron chi connectivity index (χ0n) is 11.8. The molecule has 0 aliphatic heterocycles. The van der Waals surface area contributed by atoms with Crippen LogP contribution in [-0.4, -0.2) is 16.2 Å². The lowest BCUT2D eigenvalue weighted by Gasteiger charge is -2.28. The Balaban J connectivity index is 2.44. The van der Waals surface area contributed by atoms with Crippen LogP contribution in [0.5, 0.6) is 0 Å². The fourth-order valence-electron chi connectivity index (χ4n) is 1.77.